The van der Waals surface area contributed by atoms with Crippen LogP contribution in [0.1, 0.15) is 47.5 Å². The van der Waals surface area contributed by atoms with E-state index in [0.717, 1.165) is 29.8 Å². The van der Waals surface area contributed by atoms with Crippen LogP contribution in [0.3, 0.4) is 0 Å². The van der Waals surface area contributed by atoms with E-state index in [2.05, 4.69) is 44.4 Å². The molecule has 18 heavy (non-hydrogen) atoms. The summed E-state index contributed by atoms with van der Waals surface area (Å²) in [7, 11) is 0. The van der Waals surface area contributed by atoms with Gasteiger partial charge < -0.3 is 0 Å². The molecule has 106 valence electrons. The van der Waals surface area contributed by atoms with Crippen LogP contribution < -0.4 is 0 Å². The van der Waals surface area contributed by atoms with E-state index >= 15 is 0 Å². The molecular formula is C16H32N2. The molecule has 3 atom stereocenters. The van der Waals surface area contributed by atoms with E-state index in [1.165, 1.54) is 39.0 Å². The van der Waals surface area contributed by atoms with E-state index in [1.807, 2.05) is 0 Å². The lowest BCUT2D eigenvalue weighted by Crippen LogP contribution is -2.58. The minimum absolute atomic E-state index is 0.778. The second kappa shape index (κ2) is 5.92. The second-order valence-electron chi connectivity index (χ2n) is 7.28. The van der Waals surface area contributed by atoms with Gasteiger partial charge >= 0.3 is 0 Å². The predicted molar refractivity (Wildman–Crippen MR) is 78.8 cm³/mol. The molecule has 2 heteroatoms. The van der Waals surface area contributed by atoms with Crippen molar-refractivity contribution in [2.75, 3.05) is 26.2 Å². The van der Waals surface area contributed by atoms with E-state index in [1.54, 1.807) is 0 Å². The Bertz CT molecular complexity index is 260. The Morgan fingerprint density at radius 2 is 1.78 bits per heavy atom. The number of hydrogen-bond acceptors (Lipinski definition) is 2. The standard InChI is InChI=1S/C16H32N2/c1-12(2)14(5)9-18-10-15-7-6-8-17(15)11-16(18)13(3)4/h12-16H,6-11H2,1-5H3. The van der Waals surface area contributed by atoms with E-state index in [-0.39, 0.29) is 0 Å². The van der Waals surface area contributed by atoms with Crippen molar-refractivity contribution in [1.82, 2.24) is 9.80 Å². The number of piperazine rings is 1. The fourth-order valence-electron chi connectivity index (χ4n) is 3.53. The highest BCUT2D eigenvalue weighted by Gasteiger charge is 2.37. The summed E-state index contributed by atoms with van der Waals surface area (Å²) in [4.78, 5) is 5.56. The van der Waals surface area contributed by atoms with Crippen molar-refractivity contribution in [3.63, 3.8) is 0 Å². The average Bonchev–Trinajstić information content (AvgIpc) is 2.74. The van der Waals surface area contributed by atoms with E-state index < -0.39 is 0 Å². The summed E-state index contributed by atoms with van der Waals surface area (Å²) in [6.07, 6.45) is 2.85. The monoisotopic (exact) mass is 252 g/mol. The predicted octanol–water partition coefficient (Wildman–Crippen LogP) is 3.08. The quantitative estimate of drug-likeness (QED) is 0.758. The average molecular weight is 252 g/mol. The van der Waals surface area contributed by atoms with Crippen LogP contribution in [0.4, 0.5) is 0 Å². The molecular weight excluding hydrogens is 220 g/mol. The highest BCUT2D eigenvalue weighted by Crippen LogP contribution is 2.28. The summed E-state index contributed by atoms with van der Waals surface area (Å²) in [6.45, 7) is 17.2. The molecule has 0 bridgehead atoms. The maximum atomic E-state index is 2.81. The van der Waals surface area contributed by atoms with Crippen LogP contribution in [0.25, 0.3) is 0 Å². The van der Waals surface area contributed by atoms with Crippen molar-refractivity contribution >= 4 is 0 Å². The molecule has 3 unspecified atom stereocenters. The lowest BCUT2D eigenvalue weighted by atomic mass is 9.92. The first kappa shape index (κ1) is 14.3. The summed E-state index contributed by atoms with van der Waals surface area (Å²) in [5.41, 5.74) is 0. The Balaban J connectivity index is 2.00. The summed E-state index contributed by atoms with van der Waals surface area (Å²) < 4.78 is 0. The van der Waals surface area contributed by atoms with Gasteiger partial charge in [0.2, 0.25) is 0 Å². The van der Waals surface area contributed by atoms with Crippen molar-refractivity contribution in [3.05, 3.63) is 0 Å². The molecule has 0 spiro atoms. The van der Waals surface area contributed by atoms with Gasteiger partial charge in [0.05, 0.1) is 0 Å². The van der Waals surface area contributed by atoms with Crippen LogP contribution in [0.15, 0.2) is 0 Å². The third-order valence-corrected chi connectivity index (χ3v) is 5.27. The van der Waals surface area contributed by atoms with Gasteiger partial charge in [-0.05, 0) is 37.1 Å². The van der Waals surface area contributed by atoms with Gasteiger partial charge in [-0.2, -0.15) is 0 Å². The zero-order valence-corrected chi connectivity index (χ0v) is 13.0. The Labute approximate surface area is 114 Å². The molecule has 2 nitrogen and oxygen atoms in total. The maximum absolute atomic E-state index is 2.81. The minimum atomic E-state index is 0.778. The third kappa shape index (κ3) is 3.08. The zero-order valence-electron chi connectivity index (χ0n) is 13.0. The van der Waals surface area contributed by atoms with Crippen LogP contribution in [-0.2, 0) is 0 Å². The van der Waals surface area contributed by atoms with Crippen molar-refractivity contribution in [2.45, 2.75) is 59.5 Å². The molecule has 0 N–H and O–H groups in total. The molecule has 2 aliphatic heterocycles. The third-order valence-electron chi connectivity index (χ3n) is 5.27. The summed E-state index contributed by atoms with van der Waals surface area (Å²) in [5.74, 6) is 2.41. The fourth-order valence-corrected chi connectivity index (χ4v) is 3.53. The van der Waals surface area contributed by atoms with Gasteiger partial charge in [0.25, 0.3) is 0 Å². The van der Waals surface area contributed by atoms with Gasteiger partial charge in [0.1, 0.15) is 0 Å². The van der Waals surface area contributed by atoms with Crippen molar-refractivity contribution < 1.29 is 0 Å². The summed E-state index contributed by atoms with van der Waals surface area (Å²) in [5, 5.41) is 0. The Kier molecular flexibility index (Phi) is 4.71. The topological polar surface area (TPSA) is 6.48 Å². The molecule has 0 aliphatic carbocycles. The van der Waals surface area contributed by atoms with Gasteiger partial charge in [0.15, 0.2) is 0 Å². The molecule has 0 radical (unpaired) electrons. The Morgan fingerprint density at radius 1 is 1.06 bits per heavy atom. The fraction of sp³-hybridized carbons (Fsp3) is 1.00. The van der Waals surface area contributed by atoms with E-state index in [4.69, 9.17) is 0 Å². The molecule has 2 fully saturated rings. The Hall–Kier alpha value is -0.0800. The molecule has 0 amide bonds. The molecule has 0 aromatic heterocycles. The molecule has 0 aromatic carbocycles. The van der Waals surface area contributed by atoms with Gasteiger partial charge in [-0.3, -0.25) is 9.80 Å². The van der Waals surface area contributed by atoms with Crippen LogP contribution in [0.5, 0.6) is 0 Å². The van der Waals surface area contributed by atoms with Crippen LogP contribution in [0.2, 0.25) is 0 Å². The molecule has 2 aliphatic rings. The first-order valence-electron chi connectivity index (χ1n) is 7.97. The van der Waals surface area contributed by atoms with E-state index in [0.29, 0.717) is 0 Å². The molecule has 2 heterocycles. The normalized spacial score (nSPS) is 32.2. The van der Waals surface area contributed by atoms with Crippen molar-refractivity contribution in [3.8, 4) is 0 Å². The maximum Gasteiger partial charge on any atom is 0.0247 e. The number of nitrogens with zero attached hydrogens (tertiary/aromatic N) is 2. The largest absolute Gasteiger partial charge is 0.298 e. The second-order valence-corrected chi connectivity index (χ2v) is 7.28. The van der Waals surface area contributed by atoms with Gasteiger partial charge in [0, 0.05) is 31.7 Å². The van der Waals surface area contributed by atoms with Crippen LogP contribution in [0, 0.1) is 17.8 Å². The minimum Gasteiger partial charge on any atom is -0.298 e. The summed E-state index contributed by atoms with van der Waals surface area (Å²) >= 11 is 0. The van der Waals surface area contributed by atoms with Crippen molar-refractivity contribution in [1.29, 1.82) is 0 Å². The first-order valence-corrected chi connectivity index (χ1v) is 7.97. The Morgan fingerprint density at radius 3 is 2.39 bits per heavy atom. The van der Waals surface area contributed by atoms with Gasteiger partial charge in [-0.1, -0.05) is 34.6 Å². The first-order chi connectivity index (χ1) is 8.49. The lowest BCUT2D eigenvalue weighted by molar-refractivity contribution is 0.0166. The zero-order chi connectivity index (χ0) is 13.3. The molecule has 0 saturated carbocycles. The van der Waals surface area contributed by atoms with Crippen LogP contribution in [-0.4, -0.2) is 48.1 Å². The number of fused-ring (bicyclic) bond motifs is 1. The number of hydrogen-bond donors (Lipinski definition) is 0. The lowest BCUT2D eigenvalue weighted by Gasteiger charge is -2.46. The summed E-state index contributed by atoms with van der Waals surface area (Å²) in [6, 6.07) is 1.64. The van der Waals surface area contributed by atoms with Gasteiger partial charge in [-0.25, -0.2) is 0 Å². The molecule has 2 rings (SSSR count). The SMILES string of the molecule is CC(C)C(C)CN1CC2CCCN2CC1C(C)C. The smallest absolute Gasteiger partial charge is 0.0247 e. The van der Waals surface area contributed by atoms with E-state index in [9.17, 15) is 0 Å². The van der Waals surface area contributed by atoms with Crippen LogP contribution >= 0.6 is 0 Å². The number of rotatable bonds is 4. The molecule has 0 aromatic rings. The molecule has 2 saturated heterocycles. The van der Waals surface area contributed by atoms with Crippen molar-refractivity contribution in [2.24, 2.45) is 17.8 Å². The highest BCUT2D eigenvalue weighted by atomic mass is 15.3. The highest BCUT2D eigenvalue weighted by molar-refractivity contribution is 4.93. The van der Waals surface area contributed by atoms with Gasteiger partial charge in [-0.15, -0.1) is 0 Å².